The largest absolute Gasteiger partial charge is 0.358 e. The van der Waals surface area contributed by atoms with Crippen LogP contribution in [-0.4, -0.2) is 51.9 Å². The molecular weight excluding hydrogens is 577 g/mol. The highest BCUT2D eigenvalue weighted by atomic mass is 35.5. The molecule has 8 nitrogen and oxygen atoms in total. The molecule has 2 aromatic heterocycles. The van der Waals surface area contributed by atoms with Crippen LogP contribution in [0.25, 0.3) is 23.4 Å². The van der Waals surface area contributed by atoms with E-state index in [9.17, 15) is 9.18 Å². The van der Waals surface area contributed by atoms with E-state index in [0.717, 1.165) is 35.0 Å². The van der Waals surface area contributed by atoms with Gasteiger partial charge in [-0.05, 0) is 71.5 Å². The molecule has 0 aliphatic carbocycles. The van der Waals surface area contributed by atoms with Gasteiger partial charge in [0.25, 0.3) is 5.91 Å². The van der Waals surface area contributed by atoms with E-state index in [1.165, 1.54) is 6.07 Å². The summed E-state index contributed by atoms with van der Waals surface area (Å²) in [7, 11) is 0. The zero-order valence-corrected chi connectivity index (χ0v) is 24.3. The van der Waals surface area contributed by atoms with Crippen LogP contribution in [0.1, 0.15) is 16.1 Å². The summed E-state index contributed by atoms with van der Waals surface area (Å²) < 4.78 is 14.7. The summed E-state index contributed by atoms with van der Waals surface area (Å²) in [6, 6.07) is 23.4. The third-order valence-corrected chi connectivity index (χ3v) is 7.97. The maximum Gasteiger partial charge on any atom is 0.253 e. The van der Waals surface area contributed by atoms with Gasteiger partial charge in [-0.3, -0.25) is 4.79 Å². The van der Waals surface area contributed by atoms with E-state index < -0.39 is 0 Å². The number of piperazine rings is 1. The van der Waals surface area contributed by atoms with Gasteiger partial charge in [0.15, 0.2) is 0 Å². The van der Waals surface area contributed by atoms with Gasteiger partial charge in [-0.15, -0.1) is 0 Å². The van der Waals surface area contributed by atoms with Gasteiger partial charge in [0.2, 0.25) is 5.95 Å². The number of carbonyl (C=O) groups is 1. The molecule has 5 aromatic rings. The highest BCUT2D eigenvalue weighted by molar-refractivity contribution is 6.30. The first-order valence-electron chi connectivity index (χ1n) is 14.2. The van der Waals surface area contributed by atoms with Crippen LogP contribution in [-0.2, 0) is 0 Å². The van der Waals surface area contributed by atoms with Crippen LogP contribution >= 0.6 is 11.6 Å². The Hall–Kier alpha value is -5.28. The summed E-state index contributed by atoms with van der Waals surface area (Å²) in [5.41, 5.74) is 3.86. The van der Waals surface area contributed by atoms with Crippen LogP contribution in [0.5, 0.6) is 0 Å². The lowest BCUT2D eigenvalue weighted by Crippen LogP contribution is -2.49. The van der Waals surface area contributed by atoms with E-state index in [0.29, 0.717) is 52.1 Å². The molecule has 1 amide bonds. The van der Waals surface area contributed by atoms with Gasteiger partial charge < -0.3 is 20.4 Å². The molecule has 1 saturated heterocycles. The number of fused-ring (bicyclic) bond motifs is 2. The summed E-state index contributed by atoms with van der Waals surface area (Å²) in [6.07, 6.45) is 7.20. The normalized spacial score (nSPS) is 13.9. The average Bonchev–Trinajstić information content (AvgIpc) is 3.24. The van der Waals surface area contributed by atoms with Crippen molar-refractivity contribution in [3.8, 4) is 11.1 Å². The predicted octanol–water partition coefficient (Wildman–Crippen LogP) is 5.03. The lowest BCUT2D eigenvalue weighted by molar-refractivity contribution is 0.0746. The Morgan fingerprint density at radius 2 is 1.70 bits per heavy atom. The zero-order valence-electron chi connectivity index (χ0n) is 23.5. The third-order valence-electron chi connectivity index (χ3n) is 7.75. The van der Waals surface area contributed by atoms with Crippen molar-refractivity contribution in [2.75, 3.05) is 41.7 Å². The number of hydrogen-bond acceptors (Lipinski definition) is 7. The van der Waals surface area contributed by atoms with Crippen molar-refractivity contribution in [3.05, 3.63) is 124 Å². The molecular formula is C34H27ClFN7O. The van der Waals surface area contributed by atoms with Crippen LogP contribution in [0.3, 0.4) is 0 Å². The number of nitrogens with zero attached hydrogens (tertiary/aromatic N) is 5. The Morgan fingerprint density at radius 1 is 0.909 bits per heavy atom. The zero-order chi connectivity index (χ0) is 30.0. The molecule has 7 rings (SSSR count). The number of halogens is 2. The second-order valence-corrected chi connectivity index (χ2v) is 11.0. The van der Waals surface area contributed by atoms with Crippen molar-refractivity contribution in [1.82, 2.24) is 19.9 Å². The second-order valence-electron chi connectivity index (χ2n) is 10.5. The minimum Gasteiger partial charge on any atom is -0.358 e. The highest BCUT2D eigenvalue weighted by Crippen LogP contribution is 2.24. The molecule has 0 bridgehead atoms. The Morgan fingerprint density at radius 3 is 2.48 bits per heavy atom. The molecule has 0 atom stereocenters. The number of hydrogen-bond donors (Lipinski definition) is 2. The minimum absolute atomic E-state index is 0.00232. The van der Waals surface area contributed by atoms with Crippen LogP contribution in [0, 0.1) is 5.82 Å². The molecule has 0 radical (unpaired) electrons. The first kappa shape index (κ1) is 27.5. The van der Waals surface area contributed by atoms with E-state index in [1.807, 2.05) is 65.7 Å². The van der Waals surface area contributed by atoms with E-state index in [-0.39, 0.29) is 11.7 Å². The standard InChI is InChI=1S/C34H27ClFN7O/c35-24-17-23-18-30-31(38-20-28(23)27(19-24)26-5-1-2-6-29(26)36)21-39-34(41-30)40-25-10-8-22(9-11-25)33(44)43-15-13-42(14-16-43)32-7-3-4-12-37-32/h1-12,17-21,38H,13-16H2,(H,39,40,41). The van der Waals surface area contributed by atoms with E-state index in [1.54, 1.807) is 36.7 Å². The number of pyridine rings is 1. The number of carbonyl (C=O) groups excluding carboxylic acids is 1. The summed E-state index contributed by atoms with van der Waals surface area (Å²) in [5.74, 6) is 1.00. The molecule has 44 heavy (non-hydrogen) atoms. The fourth-order valence-corrected chi connectivity index (χ4v) is 5.71. The number of benzene rings is 3. The van der Waals surface area contributed by atoms with Gasteiger partial charge in [-0.1, -0.05) is 35.9 Å². The Bertz CT molecular complexity index is 1980. The molecule has 0 saturated carbocycles. The van der Waals surface area contributed by atoms with E-state index >= 15 is 0 Å². The number of nitrogens with one attached hydrogen (secondary N) is 2. The number of amides is 1. The third kappa shape index (κ3) is 5.57. The number of rotatable bonds is 5. The van der Waals surface area contributed by atoms with Crippen LogP contribution in [0.2, 0.25) is 5.02 Å². The Balaban J connectivity index is 1.08. The smallest absolute Gasteiger partial charge is 0.253 e. The fourth-order valence-electron chi connectivity index (χ4n) is 5.48. The Kier molecular flexibility index (Phi) is 7.37. The van der Waals surface area contributed by atoms with Gasteiger partial charge in [-0.2, -0.15) is 0 Å². The SMILES string of the molecule is O=C(c1ccc(Nc2ncc3c(n2)C=c2cc(Cl)cc(-c4ccccc4F)c2=CN3)cc1)N1CCN(c2ccccn2)CC1. The molecule has 10 heteroatoms. The van der Waals surface area contributed by atoms with Crippen molar-refractivity contribution in [3.63, 3.8) is 0 Å². The topological polar surface area (TPSA) is 86.3 Å². The summed E-state index contributed by atoms with van der Waals surface area (Å²) in [4.78, 5) is 30.8. The monoisotopic (exact) mass is 603 g/mol. The number of anilines is 4. The maximum absolute atomic E-state index is 14.7. The molecule has 0 spiro atoms. The number of aromatic nitrogens is 3. The first-order chi connectivity index (χ1) is 21.5. The van der Waals surface area contributed by atoms with Crippen molar-refractivity contribution < 1.29 is 9.18 Å². The van der Waals surface area contributed by atoms with E-state index in [2.05, 4.69) is 25.5 Å². The second kappa shape index (κ2) is 11.8. The van der Waals surface area contributed by atoms with Crippen molar-refractivity contribution in [2.24, 2.45) is 0 Å². The molecule has 3 aromatic carbocycles. The minimum atomic E-state index is -0.325. The molecule has 1 fully saturated rings. The van der Waals surface area contributed by atoms with Crippen LogP contribution in [0.15, 0.2) is 91.3 Å². The average molecular weight is 604 g/mol. The maximum atomic E-state index is 14.7. The van der Waals surface area contributed by atoms with Gasteiger partial charge in [-0.25, -0.2) is 19.3 Å². The fraction of sp³-hybridized carbons (Fsp3) is 0.118. The lowest BCUT2D eigenvalue weighted by Gasteiger charge is -2.35. The van der Waals surface area contributed by atoms with Crippen molar-refractivity contribution in [1.29, 1.82) is 0 Å². The predicted molar refractivity (Wildman–Crippen MR) is 172 cm³/mol. The molecule has 2 aliphatic heterocycles. The molecule has 0 unspecified atom stereocenters. The summed E-state index contributed by atoms with van der Waals surface area (Å²) >= 11 is 6.47. The van der Waals surface area contributed by atoms with Crippen molar-refractivity contribution >= 4 is 52.9 Å². The molecule has 4 heterocycles. The van der Waals surface area contributed by atoms with Gasteiger partial charge >= 0.3 is 0 Å². The summed E-state index contributed by atoms with van der Waals surface area (Å²) in [6.45, 7) is 2.75. The van der Waals surface area contributed by atoms with Crippen LogP contribution in [0.4, 0.5) is 27.5 Å². The molecule has 2 N–H and O–H groups in total. The van der Waals surface area contributed by atoms with Gasteiger partial charge in [0.05, 0.1) is 17.6 Å². The Labute approximate surface area is 258 Å². The first-order valence-corrected chi connectivity index (χ1v) is 14.6. The lowest BCUT2D eigenvalue weighted by atomic mass is 10.0. The van der Waals surface area contributed by atoms with E-state index in [4.69, 9.17) is 16.6 Å². The quantitative estimate of drug-likeness (QED) is 0.291. The summed E-state index contributed by atoms with van der Waals surface area (Å²) in [5, 5.41) is 8.58. The van der Waals surface area contributed by atoms with Crippen molar-refractivity contribution in [2.45, 2.75) is 0 Å². The van der Waals surface area contributed by atoms with Gasteiger partial charge in [0.1, 0.15) is 11.6 Å². The van der Waals surface area contributed by atoms with Crippen LogP contribution < -0.4 is 26.0 Å². The molecule has 218 valence electrons. The highest BCUT2D eigenvalue weighted by Gasteiger charge is 2.23. The molecule has 2 aliphatic rings. The van der Waals surface area contributed by atoms with Gasteiger partial charge in [0, 0.05) is 65.6 Å².